The predicted molar refractivity (Wildman–Crippen MR) is 77.0 cm³/mol. The van der Waals surface area contributed by atoms with Gasteiger partial charge >= 0.3 is 0 Å². The Balaban J connectivity index is 1.65. The Morgan fingerprint density at radius 3 is 2.56 bits per heavy atom. The Kier molecular flexibility index (Phi) is 4.59. The summed E-state index contributed by atoms with van der Waals surface area (Å²) in [5.41, 5.74) is 2.40. The van der Waals surface area contributed by atoms with E-state index in [4.69, 9.17) is 0 Å². The van der Waals surface area contributed by atoms with Crippen LogP contribution in [0.15, 0.2) is 48.7 Å². The predicted octanol–water partition coefficient (Wildman–Crippen LogP) is 3.30. The second kappa shape index (κ2) is 6.64. The van der Waals surface area contributed by atoms with Gasteiger partial charge in [-0.1, -0.05) is 18.2 Å². The van der Waals surface area contributed by atoms with E-state index in [1.54, 1.807) is 0 Å². The highest BCUT2D eigenvalue weighted by atomic mass is 15.0. The Bertz CT molecular complexity index is 468. The molecule has 2 N–H and O–H groups in total. The molecule has 1 aromatic heterocycles. The molecule has 1 aromatic carbocycles. The van der Waals surface area contributed by atoms with E-state index < -0.39 is 0 Å². The lowest BCUT2D eigenvalue weighted by molar-refractivity contribution is 0.903. The molecule has 0 atom stereocenters. The highest BCUT2D eigenvalue weighted by Gasteiger charge is 1.94. The smallest absolute Gasteiger partial charge is 0.126 e. The Labute approximate surface area is 108 Å². The van der Waals surface area contributed by atoms with E-state index >= 15 is 0 Å². The van der Waals surface area contributed by atoms with Crippen molar-refractivity contribution in [3.63, 3.8) is 0 Å². The van der Waals surface area contributed by atoms with Crippen molar-refractivity contribution in [1.82, 2.24) is 4.98 Å². The summed E-state index contributed by atoms with van der Waals surface area (Å²) in [6.07, 6.45) is 2.89. The number of nitrogens with zero attached hydrogens (tertiary/aromatic N) is 1. The van der Waals surface area contributed by atoms with Crippen molar-refractivity contribution < 1.29 is 0 Å². The minimum atomic E-state index is 0.927. The lowest BCUT2D eigenvalue weighted by Gasteiger charge is -2.08. The largest absolute Gasteiger partial charge is 0.385 e. The van der Waals surface area contributed by atoms with Gasteiger partial charge in [-0.05, 0) is 43.2 Å². The van der Waals surface area contributed by atoms with Gasteiger partial charge in [0.25, 0.3) is 0 Å². The average Bonchev–Trinajstić information content (AvgIpc) is 2.40. The van der Waals surface area contributed by atoms with Gasteiger partial charge in [-0.2, -0.15) is 0 Å². The summed E-state index contributed by atoms with van der Waals surface area (Å²) in [5, 5.41) is 6.70. The molecule has 0 radical (unpaired) electrons. The molecule has 2 aromatic rings. The topological polar surface area (TPSA) is 37.0 Å². The number of para-hydroxylation sites is 1. The molecule has 0 aliphatic heterocycles. The molecule has 0 fully saturated rings. The van der Waals surface area contributed by atoms with Gasteiger partial charge in [0.2, 0.25) is 0 Å². The van der Waals surface area contributed by atoms with E-state index in [1.165, 1.54) is 11.3 Å². The summed E-state index contributed by atoms with van der Waals surface area (Å²) in [5.74, 6) is 0.953. The third-order valence-corrected chi connectivity index (χ3v) is 2.68. The Hall–Kier alpha value is -2.03. The summed E-state index contributed by atoms with van der Waals surface area (Å²) >= 11 is 0. The van der Waals surface area contributed by atoms with Crippen LogP contribution in [0.4, 0.5) is 11.5 Å². The molecular formula is C15H19N3. The van der Waals surface area contributed by atoms with E-state index in [0.717, 1.165) is 25.3 Å². The molecule has 94 valence electrons. The highest BCUT2D eigenvalue weighted by Crippen LogP contribution is 2.06. The molecule has 0 spiro atoms. The molecule has 18 heavy (non-hydrogen) atoms. The normalized spacial score (nSPS) is 10.1. The van der Waals surface area contributed by atoms with E-state index in [-0.39, 0.29) is 0 Å². The molecule has 0 amide bonds. The lowest BCUT2D eigenvalue weighted by Crippen LogP contribution is -2.09. The van der Waals surface area contributed by atoms with E-state index in [0.29, 0.717) is 0 Å². The Morgan fingerprint density at radius 2 is 1.78 bits per heavy atom. The summed E-state index contributed by atoms with van der Waals surface area (Å²) in [6, 6.07) is 14.3. The number of benzene rings is 1. The van der Waals surface area contributed by atoms with Crippen molar-refractivity contribution in [1.29, 1.82) is 0 Å². The molecule has 0 saturated heterocycles. The van der Waals surface area contributed by atoms with Crippen LogP contribution in [0.5, 0.6) is 0 Å². The van der Waals surface area contributed by atoms with Crippen LogP contribution in [-0.2, 0) is 0 Å². The van der Waals surface area contributed by atoms with Crippen molar-refractivity contribution >= 4 is 11.5 Å². The molecule has 0 saturated carbocycles. The molecular weight excluding hydrogens is 222 g/mol. The van der Waals surface area contributed by atoms with Gasteiger partial charge in [0.05, 0.1) is 0 Å². The van der Waals surface area contributed by atoms with Gasteiger partial charge in [0.15, 0.2) is 0 Å². The van der Waals surface area contributed by atoms with Crippen LogP contribution in [0.2, 0.25) is 0 Å². The maximum Gasteiger partial charge on any atom is 0.126 e. The minimum absolute atomic E-state index is 0.927. The lowest BCUT2D eigenvalue weighted by atomic mass is 10.3. The number of hydrogen-bond acceptors (Lipinski definition) is 3. The molecule has 2 rings (SSSR count). The minimum Gasteiger partial charge on any atom is -0.385 e. The number of anilines is 2. The first-order chi connectivity index (χ1) is 8.84. The second-order valence-electron chi connectivity index (χ2n) is 4.29. The van der Waals surface area contributed by atoms with Crippen LogP contribution in [0.3, 0.4) is 0 Å². The average molecular weight is 241 g/mol. The number of nitrogens with one attached hydrogen (secondary N) is 2. The number of aromatic nitrogens is 1. The zero-order chi connectivity index (χ0) is 12.6. The monoisotopic (exact) mass is 241 g/mol. The zero-order valence-corrected chi connectivity index (χ0v) is 10.7. The zero-order valence-electron chi connectivity index (χ0n) is 10.7. The van der Waals surface area contributed by atoms with Crippen molar-refractivity contribution in [2.75, 3.05) is 23.7 Å². The fourth-order valence-corrected chi connectivity index (χ4v) is 1.73. The van der Waals surface area contributed by atoms with Crippen molar-refractivity contribution in [3.8, 4) is 0 Å². The first-order valence-electron chi connectivity index (χ1n) is 6.30. The third-order valence-electron chi connectivity index (χ3n) is 2.68. The third kappa shape index (κ3) is 4.09. The maximum absolute atomic E-state index is 4.26. The van der Waals surface area contributed by atoms with Crippen LogP contribution in [0.1, 0.15) is 12.0 Å². The van der Waals surface area contributed by atoms with E-state index in [9.17, 15) is 0 Å². The van der Waals surface area contributed by atoms with Crippen LogP contribution >= 0.6 is 0 Å². The van der Waals surface area contributed by atoms with Gasteiger partial charge in [-0.15, -0.1) is 0 Å². The summed E-state index contributed by atoms with van der Waals surface area (Å²) in [7, 11) is 0. The molecule has 0 aliphatic carbocycles. The standard InChI is InChI=1S/C15H19N3/c1-13-8-11-18-15(12-13)17-10-5-9-16-14-6-3-2-4-7-14/h2-4,6-8,11-12,16H,5,9-10H2,1H3,(H,17,18). The van der Waals surface area contributed by atoms with Gasteiger partial charge in [-0.25, -0.2) is 4.98 Å². The first-order valence-corrected chi connectivity index (χ1v) is 6.30. The molecule has 0 unspecified atom stereocenters. The summed E-state index contributed by atoms with van der Waals surface area (Å²) in [4.78, 5) is 4.26. The van der Waals surface area contributed by atoms with Crippen LogP contribution in [0.25, 0.3) is 0 Å². The van der Waals surface area contributed by atoms with Crippen molar-refractivity contribution in [3.05, 3.63) is 54.2 Å². The number of rotatable bonds is 6. The summed E-state index contributed by atoms with van der Waals surface area (Å²) < 4.78 is 0. The van der Waals surface area contributed by atoms with Gasteiger partial charge < -0.3 is 10.6 Å². The van der Waals surface area contributed by atoms with Crippen molar-refractivity contribution in [2.45, 2.75) is 13.3 Å². The molecule has 0 aliphatic rings. The fraction of sp³-hybridized carbons (Fsp3) is 0.267. The highest BCUT2D eigenvalue weighted by molar-refractivity contribution is 5.42. The van der Waals surface area contributed by atoms with Gasteiger partial charge in [-0.3, -0.25) is 0 Å². The first kappa shape index (κ1) is 12.4. The maximum atomic E-state index is 4.26. The molecule has 1 heterocycles. The summed E-state index contributed by atoms with van der Waals surface area (Å²) in [6.45, 7) is 3.96. The van der Waals surface area contributed by atoms with Crippen LogP contribution in [-0.4, -0.2) is 18.1 Å². The number of pyridine rings is 1. The molecule has 3 nitrogen and oxygen atoms in total. The number of aryl methyl sites for hydroxylation is 1. The van der Waals surface area contributed by atoms with E-state index in [1.807, 2.05) is 30.5 Å². The van der Waals surface area contributed by atoms with E-state index in [2.05, 4.69) is 40.7 Å². The van der Waals surface area contributed by atoms with Crippen molar-refractivity contribution in [2.24, 2.45) is 0 Å². The van der Waals surface area contributed by atoms with Gasteiger partial charge in [0, 0.05) is 25.0 Å². The quantitative estimate of drug-likeness (QED) is 0.762. The van der Waals surface area contributed by atoms with Crippen LogP contribution in [0, 0.1) is 6.92 Å². The molecule has 3 heteroatoms. The SMILES string of the molecule is Cc1ccnc(NCCCNc2ccccc2)c1. The van der Waals surface area contributed by atoms with Crippen LogP contribution < -0.4 is 10.6 Å². The fourth-order valence-electron chi connectivity index (χ4n) is 1.73. The Morgan fingerprint density at radius 1 is 1.00 bits per heavy atom. The van der Waals surface area contributed by atoms with Gasteiger partial charge in [0.1, 0.15) is 5.82 Å². The molecule has 0 bridgehead atoms. The number of hydrogen-bond donors (Lipinski definition) is 2. The second-order valence-corrected chi connectivity index (χ2v) is 4.29.